The SMILES string of the molecule is CCOCCCn1c(=NC(=O)c2c(F)cccc2F)c(C#N)cc2c(=O)n3ccccc3nc21. The topological polar surface area (TPSA) is 102 Å². The van der Waals surface area contributed by atoms with E-state index in [9.17, 15) is 23.6 Å². The quantitative estimate of drug-likeness (QED) is 0.323. The van der Waals surface area contributed by atoms with Gasteiger partial charge >= 0.3 is 0 Å². The van der Waals surface area contributed by atoms with E-state index in [4.69, 9.17) is 4.74 Å². The average molecular weight is 463 g/mol. The standard InChI is InChI=1S/C24H19F2N5O3/c1-2-34-12-6-11-31-21(29-23(32)20-17(25)7-5-8-18(20)26)15(14-27)13-16-22(31)28-19-9-3-4-10-30(19)24(16)33/h3-5,7-10,13H,2,6,11-12H2,1H3. The molecule has 4 aromatic rings. The van der Waals surface area contributed by atoms with Gasteiger partial charge in [-0.05, 0) is 43.7 Å². The number of carbonyl (C=O) groups is 1. The van der Waals surface area contributed by atoms with Gasteiger partial charge in [-0.1, -0.05) is 12.1 Å². The zero-order valence-corrected chi connectivity index (χ0v) is 18.2. The molecule has 0 spiro atoms. The summed E-state index contributed by atoms with van der Waals surface area (Å²) in [5.74, 6) is -3.33. The summed E-state index contributed by atoms with van der Waals surface area (Å²) in [7, 11) is 0. The van der Waals surface area contributed by atoms with Crippen molar-refractivity contribution < 1.29 is 18.3 Å². The number of aryl methyl sites for hydroxylation is 1. The molecule has 34 heavy (non-hydrogen) atoms. The molecule has 1 aromatic carbocycles. The summed E-state index contributed by atoms with van der Waals surface area (Å²) in [4.78, 5) is 34.4. The van der Waals surface area contributed by atoms with E-state index in [-0.39, 0.29) is 28.6 Å². The van der Waals surface area contributed by atoms with E-state index in [1.165, 1.54) is 15.0 Å². The van der Waals surface area contributed by atoms with Gasteiger partial charge in [0.05, 0.1) is 10.9 Å². The van der Waals surface area contributed by atoms with Gasteiger partial charge in [0.1, 0.15) is 34.6 Å². The van der Waals surface area contributed by atoms with Crippen molar-refractivity contribution in [3.63, 3.8) is 0 Å². The molecule has 0 N–H and O–H groups in total. The number of aromatic nitrogens is 3. The summed E-state index contributed by atoms with van der Waals surface area (Å²) in [6.45, 7) is 2.89. The molecule has 3 aromatic heterocycles. The highest BCUT2D eigenvalue weighted by Gasteiger charge is 2.19. The lowest BCUT2D eigenvalue weighted by Gasteiger charge is -2.13. The van der Waals surface area contributed by atoms with Crippen molar-refractivity contribution in [3.05, 3.63) is 87.3 Å². The minimum Gasteiger partial charge on any atom is -0.382 e. The number of nitrogens with zero attached hydrogens (tertiary/aromatic N) is 5. The highest BCUT2D eigenvalue weighted by molar-refractivity contribution is 5.95. The van der Waals surface area contributed by atoms with E-state index in [0.717, 1.165) is 18.2 Å². The Morgan fingerprint density at radius 2 is 1.97 bits per heavy atom. The summed E-state index contributed by atoms with van der Waals surface area (Å²) in [5, 5.41) is 9.91. The van der Waals surface area contributed by atoms with Crippen LogP contribution in [0.25, 0.3) is 16.7 Å². The lowest BCUT2D eigenvalue weighted by Crippen LogP contribution is -2.30. The number of fused-ring (bicyclic) bond motifs is 2. The molecule has 0 radical (unpaired) electrons. The molecule has 0 fully saturated rings. The first kappa shape index (κ1) is 22.9. The lowest BCUT2D eigenvalue weighted by molar-refractivity contribution is 0.0989. The predicted molar refractivity (Wildman–Crippen MR) is 119 cm³/mol. The largest absolute Gasteiger partial charge is 0.382 e. The van der Waals surface area contributed by atoms with Gasteiger partial charge in [0, 0.05) is 26.0 Å². The third kappa shape index (κ3) is 4.21. The molecule has 8 nitrogen and oxygen atoms in total. The second-order valence-corrected chi connectivity index (χ2v) is 7.29. The Morgan fingerprint density at radius 3 is 2.68 bits per heavy atom. The number of halogens is 2. The monoisotopic (exact) mass is 463 g/mol. The molecule has 0 bridgehead atoms. The van der Waals surface area contributed by atoms with Crippen molar-refractivity contribution >= 4 is 22.6 Å². The van der Waals surface area contributed by atoms with E-state index in [2.05, 4.69) is 9.98 Å². The fourth-order valence-corrected chi connectivity index (χ4v) is 3.62. The third-order valence-electron chi connectivity index (χ3n) is 5.17. The van der Waals surface area contributed by atoms with Gasteiger partial charge < -0.3 is 9.30 Å². The maximum Gasteiger partial charge on any atom is 0.284 e. The highest BCUT2D eigenvalue weighted by Crippen LogP contribution is 2.14. The molecule has 0 unspecified atom stereocenters. The number of carbonyl (C=O) groups excluding carboxylic acids is 1. The van der Waals surface area contributed by atoms with E-state index >= 15 is 0 Å². The zero-order valence-electron chi connectivity index (χ0n) is 18.2. The zero-order chi connectivity index (χ0) is 24.2. The summed E-state index contributed by atoms with van der Waals surface area (Å²) in [6, 6.07) is 11.3. The van der Waals surface area contributed by atoms with Gasteiger partial charge in [-0.3, -0.25) is 14.0 Å². The molecule has 0 aliphatic heterocycles. The van der Waals surface area contributed by atoms with Crippen LogP contribution in [-0.4, -0.2) is 33.1 Å². The van der Waals surface area contributed by atoms with Crippen LogP contribution in [0.3, 0.4) is 0 Å². The molecule has 0 saturated heterocycles. The normalized spacial score (nSPS) is 11.8. The van der Waals surface area contributed by atoms with Gasteiger partial charge in [-0.15, -0.1) is 0 Å². The van der Waals surface area contributed by atoms with E-state index in [1.807, 2.05) is 13.0 Å². The smallest absolute Gasteiger partial charge is 0.284 e. The second kappa shape index (κ2) is 9.72. The van der Waals surface area contributed by atoms with Crippen molar-refractivity contribution in [2.45, 2.75) is 19.9 Å². The lowest BCUT2D eigenvalue weighted by atomic mass is 10.2. The van der Waals surface area contributed by atoms with Crippen molar-refractivity contribution in [1.82, 2.24) is 14.0 Å². The van der Waals surface area contributed by atoms with Crippen molar-refractivity contribution in [2.75, 3.05) is 13.2 Å². The molecule has 0 aliphatic carbocycles. The Morgan fingerprint density at radius 1 is 1.21 bits per heavy atom. The van der Waals surface area contributed by atoms with Crippen LogP contribution in [0.1, 0.15) is 29.3 Å². The van der Waals surface area contributed by atoms with Crippen LogP contribution in [0.2, 0.25) is 0 Å². The van der Waals surface area contributed by atoms with Crippen molar-refractivity contribution in [2.24, 2.45) is 4.99 Å². The second-order valence-electron chi connectivity index (χ2n) is 7.29. The highest BCUT2D eigenvalue weighted by atomic mass is 19.1. The molecule has 10 heteroatoms. The Hall–Kier alpha value is -4.23. The van der Waals surface area contributed by atoms with Gasteiger partial charge in [-0.25, -0.2) is 13.8 Å². The number of ether oxygens (including phenoxy) is 1. The number of amides is 1. The molecule has 0 saturated carbocycles. The fraction of sp³-hybridized carbons (Fsp3) is 0.208. The third-order valence-corrected chi connectivity index (χ3v) is 5.17. The molecule has 3 heterocycles. The van der Waals surface area contributed by atoms with Crippen molar-refractivity contribution in [1.29, 1.82) is 5.26 Å². The summed E-state index contributed by atoms with van der Waals surface area (Å²) in [6.07, 6.45) is 2.00. The molecule has 0 atom stereocenters. The first-order valence-corrected chi connectivity index (χ1v) is 10.5. The van der Waals surface area contributed by atoms with Crippen LogP contribution in [0.15, 0.2) is 58.4 Å². The van der Waals surface area contributed by atoms with Gasteiger partial charge in [-0.2, -0.15) is 10.3 Å². The Bertz CT molecular complexity index is 1560. The number of benzene rings is 1. The molecule has 4 rings (SSSR count). The molecule has 0 aliphatic rings. The van der Waals surface area contributed by atoms with Crippen molar-refractivity contribution in [3.8, 4) is 6.07 Å². The Labute approximate surface area is 192 Å². The van der Waals surface area contributed by atoms with Gasteiger partial charge in [0.25, 0.3) is 11.5 Å². The van der Waals surface area contributed by atoms with Crippen LogP contribution >= 0.6 is 0 Å². The minimum atomic E-state index is -1.19. The summed E-state index contributed by atoms with van der Waals surface area (Å²) in [5.41, 5.74) is -0.962. The van der Waals surface area contributed by atoms with Gasteiger partial charge in [0.2, 0.25) is 0 Å². The number of nitriles is 1. The summed E-state index contributed by atoms with van der Waals surface area (Å²) < 4.78 is 36.5. The molecule has 1 amide bonds. The number of rotatable bonds is 6. The van der Waals surface area contributed by atoms with Crippen LogP contribution in [0.4, 0.5) is 8.78 Å². The Balaban J connectivity index is 2.04. The molecular weight excluding hydrogens is 444 g/mol. The van der Waals surface area contributed by atoms with Crippen LogP contribution in [0.5, 0.6) is 0 Å². The van der Waals surface area contributed by atoms with Crippen LogP contribution in [-0.2, 0) is 11.3 Å². The average Bonchev–Trinajstić information content (AvgIpc) is 2.82. The van der Waals surface area contributed by atoms with E-state index < -0.39 is 28.7 Å². The van der Waals surface area contributed by atoms with Gasteiger partial charge in [0.15, 0.2) is 5.49 Å². The maximum absolute atomic E-state index is 14.2. The van der Waals surface area contributed by atoms with Crippen LogP contribution < -0.4 is 11.0 Å². The number of pyridine rings is 2. The molecule has 172 valence electrons. The molecular formula is C24H19F2N5O3. The fourth-order valence-electron chi connectivity index (χ4n) is 3.62. The number of hydrogen-bond donors (Lipinski definition) is 0. The first-order valence-electron chi connectivity index (χ1n) is 10.5. The predicted octanol–water partition coefficient (Wildman–Crippen LogP) is 2.97. The minimum absolute atomic E-state index is 0.108. The van der Waals surface area contributed by atoms with E-state index in [0.29, 0.717) is 25.3 Å². The Kier molecular flexibility index (Phi) is 6.56. The first-order chi connectivity index (χ1) is 16.5. The maximum atomic E-state index is 14.2. The van der Waals surface area contributed by atoms with Crippen LogP contribution in [0, 0.1) is 23.0 Å². The van der Waals surface area contributed by atoms with E-state index in [1.54, 1.807) is 24.4 Å². The summed E-state index contributed by atoms with van der Waals surface area (Å²) >= 11 is 0. The number of hydrogen-bond acceptors (Lipinski definition) is 5.